The topological polar surface area (TPSA) is 25.8 Å². The molecule has 0 spiro atoms. The Morgan fingerprint density at radius 3 is 2.14 bits per heavy atom. The summed E-state index contributed by atoms with van der Waals surface area (Å²) in [6.07, 6.45) is 5.96. The van der Waals surface area contributed by atoms with E-state index >= 15 is 0 Å². The van der Waals surface area contributed by atoms with Gasteiger partial charge in [0.15, 0.2) is 0 Å². The molecule has 2 rings (SSSR count). The van der Waals surface area contributed by atoms with Crippen LogP contribution in [0, 0.1) is 18.8 Å². The van der Waals surface area contributed by atoms with Gasteiger partial charge in [-0.2, -0.15) is 0 Å². The van der Waals surface area contributed by atoms with E-state index in [1.165, 1.54) is 11.3 Å². The van der Waals surface area contributed by atoms with Gasteiger partial charge in [0.25, 0.3) is 0 Å². The number of pyridine rings is 2. The normalized spacial score (nSPS) is 10.4. The van der Waals surface area contributed by atoms with E-state index in [2.05, 4.69) is 55.9 Å². The molecule has 0 radical (unpaired) electrons. The Balaban J connectivity index is 0.000000211. The summed E-state index contributed by atoms with van der Waals surface area (Å²) in [5, 5.41) is 0. The van der Waals surface area contributed by atoms with Gasteiger partial charge < -0.3 is 0 Å². The van der Waals surface area contributed by atoms with Gasteiger partial charge in [-0.15, -0.1) is 0 Å². The number of hydrogen-bond acceptors (Lipinski definition) is 2. The molecule has 21 heavy (non-hydrogen) atoms. The summed E-state index contributed by atoms with van der Waals surface area (Å²) in [6, 6.07) is 10.3. The fourth-order valence-electron chi connectivity index (χ4n) is 2.12. The highest BCUT2D eigenvalue weighted by molar-refractivity contribution is 5.10. The largest absolute Gasteiger partial charge is 0.264 e. The van der Waals surface area contributed by atoms with Crippen LogP contribution in [0.2, 0.25) is 0 Å². The molecule has 114 valence electrons. The first-order chi connectivity index (χ1) is 9.97. The van der Waals surface area contributed by atoms with Gasteiger partial charge in [0.05, 0.1) is 0 Å². The van der Waals surface area contributed by atoms with Crippen LogP contribution in [0.15, 0.2) is 42.7 Å². The lowest BCUT2D eigenvalue weighted by Gasteiger charge is -2.03. The van der Waals surface area contributed by atoms with Crippen molar-refractivity contribution >= 4 is 0 Å². The van der Waals surface area contributed by atoms with E-state index < -0.39 is 0 Å². The molecule has 0 N–H and O–H groups in total. The van der Waals surface area contributed by atoms with Crippen molar-refractivity contribution in [1.29, 1.82) is 0 Å². The van der Waals surface area contributed by atoms with Crippen molar-refractivity contribution in [3.05, 3.63) is 59.7 Å². The van der Waals surface area contributed by atoms with E-state index in [9.17, 15) is 0 Å². The lowest BCUT2D eigenvalue weighted by atomic mass is 10.1. The minimum atomic E-state index is 0.698. The standard InChI is InChI=1S/C10H15N.C9H13N/c1-8(2)7-10-6-4-5-9(3)11-10;1-8(2)6-9-4-3-5-10-7-9/h4-6,8H,7H2,1-3H3;3-5,7-8H,6H2,1-2H3. The molecule has 2 aromatic heterocycles. The second-order valence-corrected chi connectivity index (χ2v) is 6.33. The smallest absolute Gasteiger partial charge is 0.0409 e. The summed E-state index contributed by atoms with van der Waals surface area (Å²) in [7, 11) is 0. The zero-order valence-electron chi connectivity index (χ0n) is 14.0. The van der Waals surface area contributed by atoms with Gasteiger partial charge in [0.2, 0.25) is 0 Å². The molecule has 0 amide bonds. The van der Waals surface area contributed by atoms with Crippen LogP contribution in [0.25, 0.3) is 0 Å². The summed E-state index contributed by atoms with van der Waals surface area (Å²) >= 11 is 0. The molecule has 0 saturated carbocycles. The molecule has 0 atom stereocenters. The number of aryl methyl sites for hydroxylation is 1. The maximum atomic E-state index is 4.41. The number of rotatable bonds is 4. The predicted octanol–water partition coefficient (Wildman–Crippen LogP) is 4.87. The Bertz CT molecular complexity index is 504. The second-order valence-electron chi connectivity index (χ2n) is 6.33. The van der Waals surface area contributed by atoms with E-state index in [0.29, 0.717) is 5.92 Å². The molecule has 2 heterocycles. The Kier molecular flexibility index (Phi) is 7.66. The monoisotopic (exact) mass is 284 g/mol. The van der Waals surface area contributed by atoms with Gasteiger partial charge in [-0.3, -0.25) is 9.97 Å². The van der Waals surface area contributed by atoms with Crippen molar-refractivity contribution in [1.82, 2.24) is 9.97 Å². The average Bonchev–Trinajstić information content (AvgIpc) is 2.39. The first-order valence-electron chi connectivity index (χ1n) is 7.78. The van der Waals surface area contributed by atoms with Crippen LogP contribution in [0.3, 0.4) is 0 Å². The van der Waals surface area contributed by atoms with Gasteiger partial charge in [-0.1, -0.05) is 39.8 Å². The minimum Gasteiger partial charge on any atom is -0.264 e. The van der Waals surface area contributed by atoms with Gasteiger partial charge >= 0.3 is 0 Å². The maximum Gasteiger partial charge on any atom is 0.0409 e. The summed E-state index contributed by atoms with van der Waals surface area (Å²) < 4.78 is 0. The fraction of sp³-hybridized carbons (Fsp3) is 0.474. The maximum absolute atomic E-state index is 4.41. The third kappa shape index (κ3) is 8.23. The molecular formula is C19H28N2. The Labute approximate surface area is 129 Å². The highest BCUT2D eigenvalue weighted by atomic mass is 14.7. The van der Waals surface area contributed by atoms with Crippen LogP contribution >= 0.6 is 0 Å². The van der Waals surface area contributed by atoms with E-state index in [1.54, 1.807) is 0 Å². The van der Waals surface area contributed by atoms with Crippen molar-refractivity contribution in [2.45, 2.75) is 47.5 Å². The third-order valence-electron chi connectivity index (χ3n) is 2.93. The summed E-state index contributed by atoms with van der Waals surface area (Å²) in [5.41, 5.74) is 3.65. The molecule has 0 fully saturated rings. The van der Waals surface area contributed by atoms with E-state index in [4.69, 9.17) is 0 Å². The molecular weight excluding hydrogens is 256 g/mol. The SMILES string of the molecule is CC(C)Cc1cccnc1.Cc1cccc(CC(C)C)n1. The summed E-state index contributed by atoms with van der Waals surface area (Å²) in [6.45, 7) is 10.9. The van der Waals surface area contributed by atoms with Gasteiger partial charge in [0, 0.05) is 23.8 Å². The van der Waals surface area contributed by atoms with Crippen LogP contribution in [0.1, 0.15) is 44.6 Å². The van der Waals surface area contributed by atoms with Gasteiger partial charge in [0.1, 0.15) is 0 Å². The van der Waals surface area contributed by atoms with Gasteiger partial charge in [-0.25, -0.2) is 0 Å². The predicted molar refractivity (Wildman–Crippen MR) is 90.3 cm³/mol. The van der Waals surface area contributed by atoms with Crippen LogP contribution in [0.4, 0.5) is 0 Å². The second kappa shape index (κ2) is 9.28. The highest BCUT2D eigenvalue weighted by Gasteiger charge is 1.97. The minimum absolute atomic E-state index is 0.698. The summed E-state index contributed by atoms with van der Waals surface area (Å²) in [5.74, 6) is 1.42. The van der Waals surface area contributed by atoms with Crippen molar-refractivity contribution in [3.63, 3.8) is 0 Å². The molecule has 2 nitrogen and oxygen atoms in total. The van der Waals surface area contributed by atoms with E-state index in [0.717, 1.165) is 24.5 Å². The molecule has 0 aromatic carbocycles. The Morgan fingerprint density at radius 1 is 0.905 bits per heavy atom. The molecule has 0 aliphatic rings. The van der Waals surface area contributed by atoms with Crippen molar-refractivity contribution in [3.8, 4) is 0 Å². The van der Waals surface area contributed by atoms with E-state index in [-0.39, 0.29) is 0 Å². The fourth-order valence-corrected chi connectivity index (χ4v) is 2.12. The molecule has 0 aliphatic carbocycles. The van der Waals surface area contributed by atoms with Gasteiger partial charge in [-0.05, 0) is 55.4 Å². The molecule has 0 unspecified atom stereocenters. The van der Waals surface area contributed by atoms with Crippen molar-refractivity contribution in [2.24, 2.45) is 11.8 Å². The number of hydrogen-bond donors (Lipinski definition) is 0. The van der Waals surface area contributed by atoms with Crippen molar-refractivity contribution in [2.75, 3.05) is 0 Å². The lowest BCUT2D eigenvalue weighted by molar-refractivity contribution is 0.634. The zero-order chi connectivity index (χ0) is 15.7. The third-order valence-corrected chi connectivity index (χ3v) is 2.93. The Morgan fingerprint density at radius 2 is 1.62 bits per heavy atom. The van der Waals surface area contributed by atoms with Crippen LogP contribution in [0.5, 0.6) is 0 Å². The first kappa shape index (κ1) is 17.4. The van der Waals surface area contributed by atoms with Crippen LogP contribution in [-0.2, 0) is 12.8 Å². The number of aromatic nitrogens is 2. The quantitative estimate of drug-likeness (QED) is 0.800. The molecule has 0 saturated heterocycles. The van der Waals surface area contributed by atoms with Crippen LogP contribution < -0.4 is 0 Å². The number of nitrogens with zero attached hydrogens (tertiary/aromatic N) is 2. The molecule has 0 bridgehead atoms. The molecule has 2 aromatic rings. The van der Waals surface area contributed by atoms with Crippen molar-refractivity contribution < 1.29 is 0 Å². The Hall–Kier alpha value is -1.70. The molecule has 0 aliphatic heterocycles. The van der Waals surface area contributed by atoms with Crippen LogP contribution in [-0.4, -0.2) is 9.97 Å². The highest BCUT2D eigenvalue weighted by Crippen LogP contribution is 2.05. The molecule has 2 heteroatoms. The van der Waals surface area contributed by atoms with E-state index in [1.807, 2.05) is 31.5 Å². The summed E-state index contributed by atoms with van der Waals surface area (Å²) in [4.78, 5) is 8.45. The first-order valence-corrected chi connectivity index (χ1v) is 7.78. The average molecular weight is 284 g/mol. The zero-order valence-corrected chi connectivity index (χ0v) is 14.0. The lowest BCUT2D eigenvalue weighted by Crippen LogP contribution is -1.97.